The predicted molar refractivity (Wildman–Crippen MR) is 327 cm³/mol. The van der Waals surface area contributed by atoms with Crippen LogP contribution in [0.1, 0.15) is 103 Å². The van der Waals surface area contributed by atoms with Gasteiger partial charge in [-0.05, 0) is 139 Å². The van der Waals surface area contributed by atoms with Crippen molar-refractivity contribution in [3.63, 3.8) is 0 Å². The molecule has 0 aliphatic heterocycles. The molecule has 18 heteroatoms. The fourth-order valence-corrected chi connectivity index (χ4v) is 10.5. The van der Waals surface area contributed by atoms with E-state index in [4.69, 9.17) is 34.1 Å². The molecule has 0 fully saturated rings. The molecule has 84 heavy (non-hydrogen) atoms. The summed E-state index contributed by atoms with van der Waals surface area (Å²) in [6.45, 7) is 12.2. The van der Waals surface area contributed by atoms with E-state index < -0.39 is 48.2 Å². The number of halogens is 1. The first kappa shape index (κ1) is 63.0. The lowest BCUT2D eigenvalue weighted by Gasteiger charge is -2.22. The minimum Gasteiger partial charge on any atom is -0.480 e. The summed E-state index contributed by atoms with van der Waals surface area (Å²) < 4.78 is 17.2. The van der Waals surface area contributed by atoms with Gasteiger partial charge in [0, 0.05) is 21.3 Å². The Balaban J connectivity index is 0.000000168. The van der Waals surface area contributed by atoms with E-state index in [9.17, 15) is 28.8 Å². The fourth-order valence-electron chi connectivity index (χ4n) is 10.1. The highest BCUT2D eigenvalue weighted by molar-refractivity contribution is 14.1. The minimum atomic E-state index is -1.07. The van der Waals surface area contributed by atoms with Gasteiger partial charge in [-0.1, -0.05) is 173 Å². The van der Waals surface area contributed by atoms with Crippen molar-refractivity contribution in [3.8, 4) is 33.4 Å². The van der Waals surface area contributed by atoms with Crippen LogP contribution in [0.4, 0.5) is 14.4 Å². The number of hydrogen-bond donors (Lipinski definition) is 6. The molecule has 0 bridgehead atoms. The predicted octanol–water partition coefficient (Wildman–Crippen LogP) is 12.7. The first-order valence-electron chi connectivity index (χ1n) is 27.6. The maximum absolute atomic E-state index is 12.4. The Bertz CT molecular complexity index is 3270. The summed E-state index contributed by atoms with van der Waals surface area (Å²) >= 11 is 2.13. The number of alkyl carbamates (subject to hydrolysis) is 2. The lowest BCUT2D eigenvalue weighted by atomic mass is 9.98. The van der Waals surface area contributed by atoms with Crippen LogP contribution in [0.5, 0.6) is 0 Å². The van der Waals surface area contributed by atoms with Crippen LogP contribution in [0, 0.1) is 15.4 Å². The largest absolute Gasteiger partial charge is 0.480 e. The number of hydroxylamine groups is 2. The molecule has 0 saturated heterocycles. The van der Waals surface area contributed by atoms with Crippen LogP contribution in [0.25, 0.3) is 33.4 Å². The molecule has 4 amide bonds. The van der Waals surface area contributed by atoms with Gasteiger partial charge in [-0.15, -0.1) is 0 Å². The van der Waals surface area contributed by atoms with Gasteiger partial charge in [-0.3, -0.25) is 14.5 Å². The molecule has 2 unspecified atom stereocenters. The van der Waals surface area contributed by atoms with E-state index in [0.717, 1.165) is 37.0 Å². The number of carbonyl (C=O) groups excluding carboxylic acids is 4. The van der Waals surface area contributed by atoms with Crippen LogP contribution in [-0.4, -0.2) is 91.5 Å². The van der Waals surface area contributed by atoms with Gasteiger partial charge in [-0.2, -0.15) is 5.48 Å². The van der Waals surface area contributed by atoms with E-state index in [2.05, 4.69) is 105 Å². The summed E-state index contributed by atoms with van der Waals surface area (Å²) in [5.41, 5.74) is 18.9. The number of carboxylic acid groups (broad SMARTS) is 2. The SMILES string of the molecule is CC(C)C(NC(=O)OCC1c2ccccc2-c2ccccc21)C(=O)O.CCONC(=O)C(NC(=O)OCC1c2ccccc2-c2ccccc21)C(C)C.CCONC(=O)OCC1c2ccccc2-c2ccccc21.O=C(O)c1ccc(I)cc1. The summed E-state index contributed by atoms with van der Waals surface area (Å²) in [6, 6.07) is 53.9. The van der Waals surface area contributed by atoms with Crippen LogP contribution in [-0.2, 0) is 33.5 Å². The van der Waals surface area contributed by atoms with Crippen LogP contribution in [0.15, 0.2) is 170 Å². The minimum absolute atomic E-state index is 0.0205. The summed E-state index contributed by atoms with van der Waals surface area (Å²) in [4.78, 5) is 79.4. The summed E-state index contributed by atoms with van der Waals surface area (Å²) in [5.74, 6) is -2.66. The zero-order valence-electron chi connectivity index (χ0n) is 47.5. The number of carbonyl (C=O) groups is 6. The third kappa shape index (κ3) is 16.1. The highest BCUT2D eigenvalue weighted by atomic mass is 127. The monoisotopic (exact) mass is 1250 g/mol. The summed E-state index contributed by atoms with van der Waals surface area (Å²) in [7, 11) is 0. The van der Waals surface area contributed by atoms with Gasteiger partial charge in [0.15, 0.2) is 0 Å². The smallest absolute Gasteiger partial charge is 0.431 e. The molecule has 0 spiro atoms. The Morgan fingerprint density at radius 3 is 1.02 bits per heavy atom. The second-order valence-corrected chi connectivity index (χ2v) is 21.5. The molecular formula is C66H69IN4O13. The quantitative estimate of drug-likeness (QED) is 0.0283. The highest BCUT2D eigenvalue weighted by Crippen LogP contribution is 2.47. The number of amides is 4. The van der Waals surface area contributed by atoms with Crippen molar-refractivity contribution in [2.24, 2.45) is 11.8 Å². The van der Waals surface area contributed by atoms with Crippen LogP contribution < -0.4 is 21.6 Å². The van der Waals surface area contributed by atoms with Crippen molar-refractivity contribution < 1.29 is 62.9 Å². The molecule has 3 aliphatic carbocycles. The van der Waals surface area contributed by atoms with Gasteiger partial charge < -0.3 is 35.1 Å². The lowest BCUT2D eigenvalue weighted by molar-refractivity contribution is -0.140. The van der Waals surface area contributed by atoms with Gasteiger partial charge in [0.2, 0.25) is 0 Å². The third-order valence-corrected chi connectivity index (χ3v) is 14.9. The van der Waals surface area contributed by atoms with E-state index in [-0.39, 0.29) is 42.8 Å². The molecule has 7 aromatic carbocycles. The van der Waals surface area contributed by atoms with Crippen LogP contribution >= 0.6 is 22.6 Å². The van der Waals surface area contributed by atoms with Crippen molar-refractivity contribution in [2.75, 3.05) is 33.0 Å². The summed E-state index contributed by atoms with van der Waals surface area (Å²) in [6.07, 6.45) is -1.88. The normalized spacial score (nSPS) is 12.9. The number of nitrogens with one attached hydrogen (secondary N) is 4. The van der Waals surface area contributed by atoms with Crippen molar-refractivity contribution >= 4 is 58.7 Å². The van der Waals surface area contributed by atoms with Crippen molar-refractivity contribution in [1.82, 2.24) is 21.6 Å². The van der Waals surface area contributed by atoms with Crippen molar-refractivity contribution in [3.05, 3.63) is 212 Å². The zero-order valence-corrected chi connectivity index (χ0v) is 49.7. The number of aromatic carboxylic acids is 1. The number of hydrogen-bond acceptors (Lipinski definition) is 11. The first-order chi connectivity index (χ1) is 40.5. The van der Waals surface area contributed by atoms with Crippen LogP contribution in [0.2, 0.25) is 0 Å². The lowest BCUT2D eigenvalue weighted by Crippen LogP contribution is -2.49. The van der Waals surface area contributed by atoms with E-state index in [1.54, 1.807) is 52.0 Å². The maximum atomic E-state index is 12.4. The number of benzene rings is 7. The van der Waals surface area contributed by atoms with Gasteiger partial charge >= 0.3 is 30.2 Å². The number of carboxylic acids is 2. The molecule has 0 heterocycles. The molecular weight excluding hydrogens is 1180 g/mol. The molecule has 17 nitrogen and oxygen atoms in total. The highest BCUT2D eigenvalue weighted by Gasteiger charge is 2.33. The van der Waals surface area contributed by atoms with Gasteiger partial charge in [0.05, 0.1) is 18.8 Å². The van der Waals surface area contributed by atoms with Crippen molar-refractivity contribution in [1.29, 1.82) is 0 Å². The number of aliphatic carboxylic acids is 1. The van der Waals surface area contributed by atoms with Crippen molar-refractivity contribution in [2.45, 2.75) is 71.4 Å². The number of ether oxygens (including phenoxy) is 3. The average Bonchev–Trinajstić information content (AvgIpc) is 2.35. The molecule has 7 aromatic rings. The number of rotatable bonds is 17. The van der Waals surface area contributed by atoms with E-state index in [0.29, 0.717) is 25.4 Å². The van der Waals surface area contributed by atoms with Gasteiger partial charge in [0.25, 0.3) is 5.91 Å². The van der Waals surface area contributed by atoms with Gasteiger partial charge in [-0.25, -0.2) is 29.5 Å². The van der Waals surface area contributed by atoms with Gasteiger partial charge in [0.1, 0.15) is 31.9 Å². The molecule has 2 atom stereocenters. The maximum Gasteiger partial charge on any atom is 0.431 e. The second kappa shape index (κ2) is 30.6. The Hall–Kier alpha value is -8.59. The molecule has 10 rings (SSSR count). The molecule has 0 radical (unpaired) electrons. The molecule has 0 aromatic heterocycles. The fraction of sp³-hybridized carbons (Fsp3) is 0.273. The Labute approximate surface area is 502 Å². The molecule has 3 aliphatic rings. The van der Waals surface area contributed by atoms with E-state index in [1.165, 1.54) is 33.4 Å². The van der Waals surface area contributed by atoms with E-state index >= 15 is 0 Å². The topological polar surface area (TPSA) is 237 Å². The van der Waals surface area contributed by atoms with Crippen LogP contribution in [0.3, 0.4) is 0 Å². The Kier molecular flexibility index (Phi) is 23.0. The summed E-state index contributed by atoms with van der Waals surface area (Å²) in [5, 5.41) is 22.7. The standard InChI is InChI=1S/C22H26N2O4.C20H21NO4.C17H17NO3.C7H5IO2/c1-4-28-24-21(25)20(14(2)3)23-22(26)27-13-19-17-11-7-5-9-15(17)16-10-6-8-12-18(16)19;1-12(2)18(19(22)23)21-20(24)25-11-17-15-9-5-3-7-13(15)14-8-4-6-10-16(14)17;1-2-21-18-17(19)20-11-16-14-9-5-3-7-12(14)13-8-4-6-10-15(13)16;8-6-3-1-5(2-4-6)7(9)10/h5-12,14,19-20H,4,13H2,1-3H3,(H,23,26)(H,24,25);3-10,12,17-18H,11H2,1-2H3,(H,21,24)(H,22,23);3-10,16H,2,11H2,1H3,(H,18,19);1-4H,(H,9,10). The second-order valence-electron chi connectivity index (χ2n) is 20.3. The Morgan fingerprint density at radius 1 is 0.429 bits per heavy atom. The molecule has 6 N–H and O–H groups in total. The zero-order chi connectivity index (χ0) is 60.3. The third-order valence-electron chi connectivity index (χ3n) is 14.2. The Morgan fingerprint density at radius 2 is 0.726 bits per heavy atom. The molecule has 0 saturated carbocycles. The first-order valence-corrected chi connectivity index (χ1v) is 28.7. The van der Waals surface area contributed by atoms with E-state index in [1.807, 2.05) is 98.8 Å². The molecule has 438 valence electrons. The average molecular weight is 1250 g/mol. The number of fused-ring (bicyclic) bond motifs is 9.